The smallest absolute Gasteiger partial charge is 0.253 e. The number of piperazine rings is 1. The lowest BCUT2D eigenvalue weighted by molar-refractivity contribution is 0.0763. The van der Waals surface area contributed by atoms with Crippen LogP contribution in [0, 0.1) is 0 Å². The Labute approximate surface area is 195 Å². The van der Waals surface area contributed by atoms with E-state index in [1.807, 2.05) is 41.4 Å². The first kappa shape index (κ1) is 20.6. The number of amides is 1. The fraction of sp³-hybridized carbons (Fsp3) is 0.444. The first-order valence-corrected chi connectivity index (χ1v) is 12.4. The molecule has 0 bridgehead atoms. The molecule has 3 heterocycles. The molecule has 2 aromatic carbocycles. The van der Waals surface area contributed by atoms with Gasteiger partial charge < -0.3 is 9.80 Å². The quantitative estimate of drug-likeness (QED) is 0.622. The summed E-state index contributed by atoms with van der Waals surface area (Å²) in [7, 11) is 0. The number of hydrogen-bond acceptors (Lipinski definition) is 5. The van der Waals surface area contributed by atoms with Gasteiger partial charge in [0.25, 0.3) is 5.91 Å². The summed E-state index contributed by atoms with van der Waals surface area (Å²) in [6, 6.07) is 15.0. The van der Waals surface area contributed by atoms with E-state index in [2.05, 4.69) is 21.9 Å². The molecule has 0 atom stereocenters. The second-order valence-electron chi connectivity index (χ2n) is 9.60. The lowest BCUT2D eigenvalue weighted by atomic mass is 9.91. The Bertz CT molecular complexity index is 1170. The summed E-state index contributed by atoms with van der Waals surface area (Å²) in [4.78, 5) is 29.9. The van der Waals surface area contributed by atoms with Gasteiger partial charge in [0.1, 0.15) is 0 Å². The summed E-state index contributed by atoms with van der Waals surface area (Å²) in [6.45, 7) is 5.63. The molecule has 6 heteroatoms. The van der Waals surface area contributed by atoms with Gasteiger partial charge in [-0.05, 0) is 47.7 Å². The van der Waals surface area contributed by atoms with E-state index in [1.54, 1.807) is 0 Å². The maximum Gasteiger partial charge on any atom is 0.253 e. The minimum Gasteiger partial charge on any atom is -0.338 e. The molecule has 3 aromatic rings. The highest BCUT2D eigenvalue weighted by atomic mass is 16.2. The summed E-state index contributed by atoms with van der Waals surface area (Å²) in [5, 5.41) is 2.27. The fourth-order valence-electron chi connectivity index (χ4n) is 5.36. The van der Waals surface area contributed by atoms with Crippen molar-refractivity contribution in [3.8, 4) is 0 Å². The van der Waals surface area contributed by atoms with Gasteiger partial charge >= 0.3 is 0 Å². The van der Waals surface area contributed by atoms with Crippen molar-refractivity contribution in [2.75, 3.05) is 44.2 Å². The van der Waals surface area contributed by atoms with Gasteiger partial charge in [-0.15, -0.1) is 0 Å². The van der Waals surface area contributed by atoms with Gasteiger partial charge in [0.15, 0.2) is 0 Å². The third kappa shape index (κ3) is 4.08. The number of aromatic nitrogens is 2. The number of hydrogen-bond donors (Lipinski definition) is 0. The Morgan fingerprint density at radius 3 is 2.45 bits per heavy atom. The Morgan fingerprint density at radius 1 is 0.879 bits per heavy atom. The molecule has 6 nitrogen and oxygen atoms in total. The van der Waals surface area contributed by atoms with Gasteiger partial charge in [-0.2, -0.15) is 0 Å². The van der Waals surface area contributed by atoms with Crippen LogP contribution in [0.3, 0.4) is 0 Å². The number of benzene rings is 2. The minimum absolute atomic E-state index is 0.105. The zero-order valence-electron chi connectivity index (χ0n) is 19.1. The van der Waals surface area contributed by atoms with E-state index in [1.165, 1.54) is 24.8 Å². The maximum atomic E-state index is 13.3. The highest BCUT2D eigenvalue weighted by Gasteiger charge is 2.29. The van der Waals surface area contributed by atoms with E-state index < -0.39 is 0 Å². The molecule has 170 valence electrons. The van der Waals surface area contributed by atoms with Crippen LogP contribution >= 0.6 is 0 Å². The molecule has 6 rings (SSSR count). The highest BCUT2D eigenvalue weighted by molar-refractivity contribution is 5.98. The molecule has 0 unspecified atom stereocenters. The number of rotatable bonds is 3. The summed E-state index contributed by atoms with van der Waals surface area (Å²) >= 11 is 0. The average molecular weight is 442 g/mol. The van der Waals surface area contributed by atoms with Crippen molar-refractivity contribution in [2.45, 2.75) is 38.1 Å². The van der Waals surface area contributed by atoms with Gasteiger partial charge in [0.05, 0.1) is 5.69 Å². The van der Waals surface area contributed by atoms with Crippen LogP contribution in [-0.4, -0.2) is 71.0 Å². The van der Waals surface area contributed by atoms with E-state index in [0.29, 0.717) is 13.1 Å². The largest absolute Gasteiger partial charge is 0.338 e. The Balaban J connectivity index is 1.13. The molecular weight excluding hydrogens is 410 g/mol. The number of nitrogens with zero attached hydrogens (tertiary/aromatic N) is 5. The second kappa shape index (κ2) is 8.75. The maximum absolute atomic E-state index is 13.3. The van der Waals surface area contributed by atoms with Gasteiger partial charge in [-0.3, -0.25) is 9.69 Å². The zero-order valence-corrected chi connectivity index (χ0v) is 19.1. The lowest BCUT2D eigenvalue weighted by Gasteiger charge is -2.43. The summed E-state index contributed by atoms with van der Waals surface area (Å²) < 4.78 is 0. The Hall–Kier alpha value is -2.99. The predicted octanol–water partition coefficient (Wildman–Crippen LogP) is 3.55. The van der Waals surface area contributed by atoms with Crippen molar-refractivity contribution in [1.29, 1.82) is 0 Å². The summed E-state index contributed by atoms with van der Waals surface area (Å²) in [5.41, 5.74) is 3.05. The number of carbonyl (C=O) groups excluding carboxylic acids is 1. The summed E-state index contributed by atoms with van der Waals surface area (Å²) in [6.07, 6.45) is 7.71. The van der Waals surface area contributed by atoms with E-state index in [0.717, 1.165) is 73.0 Å². The first-order chi connectivity index (χ1) is 16.2. The minimum atomic E-state index is 0.105. The fourth-order valence-corrected chi connectivity index (χ4v) is 5.36. The van der Waals surface area contributed by atoms with Crippen molar-refractivity contribution in [3.63, 3.8) is 0 Å². The van der Waals surface area contributed by atoms with Crippen LogP contribution in [0.2, 0.25) is 0 Å². The molecule has 33 heavy (non-hydrogen) atoms. The van der Waals surface area contributed by atoms with E-state index in [-0.39, 0.29) is 5.91 Å². The average Bonchev–Trinajstić information content (AvgIpc) is 3.05. The molecule has 2 aliphatic heterocycles. The zero-order chi connectivity index (χ0) is 22.2. The van der Waals surface area contributed by atoms with E-state index >= 15 is 0 Å². The van der Waals surface area contributed by atoms with Gasteiger partial charge in [0.2, 0.25) is 5.95 Å². The standard InChI is InChI=1S/C27H31N5O/c33-26(22-9-8-20-4-1-2-5-21(20)18-22)31-12-10-23-19-28-27(29-25(23)11-13-31)32-16-14-30(15-17-32)24-6-3-7-24/h1-2,4-5,8-9,18-19,24H,3,6-7,10-17H2. The van der Waals surface area contributed by atoms with Gasteiger partial charge in [0, 0.05) is 63.5 Å². The molecule has 2 fully saturated rings. The van der Waals surface area contributed by atoms with Crippen LogP contribution in [0.5, 0.6) is 0 Å². The van der Waals surface area contributed by atoms with Crippen LogP contribution in [-0.2, 0) is 12.8 Å². The van der Waals surface area contributed by atoms with E-state index in [4.69, 9.17) is 9.97 Å². The van der Waals surface area contributed by atoms with Crippen molar-refractivity contribution in [1.82, 2.24) is 19.8 Å². The molecule has 3 aliphatic rings. The third-order valence-corrected chi connectivity index (χ3v) is 7.68. The van der Waals surface area contributed by atoms with Gasteiger partial charge in [-0.1, -0.05) is 36.8 Å². The van der Waals surface area contributed by atoms with E-state index in [9.17, 15) is 4.79 Å². The van der Waals surface area contributed by atoms with Crippen molar-refractivity contribution >= 4 is 22.6 Å². The molecule has 0 radical (unpaired) electrons. The third-order valence-electron chi connectivity index (χ3n) is 7.68. The second-order valence-corrected chi connectivity index (χ2v) is 9.60. The highest BCUT2D eigenvalue weighted by Crippen LogP contribution is 2.26. The van der Waals surface area contributed by atoms with Crippen LogP contribution in [0.15, 0.2) is 48.7 Å². The normalized spacial score (nSPS) is 19.8. The summed E-state index contributed by atoms with van der Waals surface area (Å²) in [5.74, 6) is 0.963. The van der Waals surface area contributed by atoms with Crippen LogP contribution < -0.4 is 4.90 Å². The molecule has 0 spiro atoms. The van der Waals surface area contributed by atoms with Crippen molar-refractivity contribution in [2.24, 2.45) is 0 Å². The van der Waals surface area contributed by atoms with Gasteiger partial charge in [-0.25, -0.2) is 9.97 Å². The van der Waals surface area contributed by atoms with Crippen molar-refractivity contribution in [3.05, 3.63) is 65.5 Å². The molecule has 1 saturated heterocycles. The van der Waals surface area contributed by atoms with Crippen LogP contribution in [0.4, 0.5) is 5.95 Å². The number of fused-ring (bicyclic) bond motifs is 2. The molecule has 1 amide bonds. The Kier molecular flexibility index (Phi) is 5.46. The SMILES string of the molecule is O=C(c1ccc2ccccc2c1)N1CCc2cnc(N3CCN(C4CCC4)CC3)nc2CC1. The Morgan fingerprint density at radius 2 is 1.67 bits per heavy atom. The lowest BCUT2D eigenvalue weighted by Crippen LogP contribution is -2.52. The molecule has 1 aromatic heterocycles. The molecule has 0 N–H and O–H groups in total. The number of anilines is 1. The monoisotopic (exact) mass is 441 g/mol. The topological polar surface area (TPSA) is 52.6 Å². The van der Waals surface area contributed by atoms with Crippen LogP contribution in [0.1, 0.15) is 40.9 Å². The molecule has 1 aliphatic carbocycles. The number of carbonyl (C=O) groups is 1. The van der Waals surface area contributed by atoms with Crippen molar-refractivity contribution < 1.29 is 4.79 Å². The van der Waals surface area contributed by atoms with Crippen LogP contribution in [0.25, 0.3) is 10.8 Å². The molecule has 1 saturated carbocycles. The molecular formula is C27H31N5O. The predicted molar refractivity (Wildman–Crippen MR) is 131 cm³/mol. The first-order valence-electron chi connectivity index (χ1n) is 12.4.